The number of rotatable bonds is 22. The van der Waals surface area contributed by atoms with Crippen LogP contribution in [0.3, 0.4) is 0 Å². The molecule has 2 aliphatic heterocycles. The van der Waals surface area contributed by atoms with Crippen LogP contribution in [0.5, 0.6) is 23.0 Å². The Bertz CT molecular complexity index is 4240. The summed E-state index contributed by atoms with van der Waals surface area (Å²) >= 11 is 0. The third kappa shape index (κ3) is 13.9. The van der Waals surface area contributed by atoms with Crippen molar-refractivity contribution in [2.24, 2.45) is 10.8 Å². The van der Waals surface area contributed by atoms with Crippen LogP contribution in [0, 0.1) is 10.8 Å². The van der Waals surface area contributed by atoms with Crippen LogP contribution < -0.4 is 35.4 Å². The number of fused-ring (bicyclic) bond motifs is 6. The highest BCUT2D eigenvalue weighted by Gasteiger charge is 2.54. The highest BCUT2D eigenvalue weighted by atomic mass is 31.2. The van der Waals surface area contributed by atoms with Crippen molar-refractivity contribution < 1.29 is 66.9 Å². The van der Waals surface area contributed by atoms with Gasteiger partial charge in [-0.25, -0.2) is 14.4 Å². The summed E-state index contributed by atoms with van der Waals surface area (Å²) in [6, 6.07) is 45.4. The van der Waals surface area contributed by atoms with Crippen LogP contribution >= 0.6 is 7.26 Å². The van der Waals surface area contributed by atoms with Crippen molar-refractivity contribution >= 4 is 82.2 Å². The van der Waals surface area contributed by atoms with Gasteiger partial charge in [-0.15, -0.1) is 0 Å². The van der Waals surface area contributed by atoms with Crippen LogP contribution in [0.25, 0.3) is 0 Å². The Morgan fingerprint density at radius 3 is 1.27 bits per heavy atom. The van der Waals surface area contributed by atoms with E-state index in [1.54, 1.807) is 114 Å². The maximum absolute atomic E-state index is 14.5. The van der Waals surface area contributed by atoms with Crippen LogP contribution in [0.4, 0.5) is 9.59 Å². The Balaban J connectivity index is 0.886. The van der Waals surface area contributed by atoms with Crippen LogP contribution in [-0.4, -0.2) is 146 Å². The van der Waals surface area contributed by atoms with Crippen molar-refractivity contribution in [2.45, 2.75) is 94.1 Å². The standard InChI is InChI=1S/C80H84N5O14P/c1-48-50(3)72(90)68(52(5)70(48)88)78(7,8)46-66(86)82(11)38-40-84(13)76(94)96-55-32-35-61-64(44-55)98-65-45-56(97-77(95)85(14)41-39-83(12)67(87)47-79(9,10)69-53(6)71(89)49(2)51(4)73(69)91)33-36-62(65)80(61)63-43-54(31-34-60(63)75(93)99-80)74(92)81-37-24-42-100(57-25-18-15-19-26-57,58-27-20-16-21-28-58)59-29-22-17-23-30-59/h15-23,25-36,43-45H,24,37-42,46-47H2,1-14H3/p+1. The molecule has 5 amide bonds. The van der Waals surface area contributed by atoms with Gasteiger partial charge in [0.1, 0.15) is 46.2 Å². The van der Waals surface area contributed by atoms with Crippen molar-refractivity contribution in [1.29, 1.82) is 0 Å². The minimum atomic E-state index is -2.21. The number of Topliss-reactive ketones (excluding diaryl/α,β-unsaturated/α-hetero) is 4. The molecule has 0 atom stereocenters. The average Bonchev–Trinajstić information content (AvgIpc) is 1.48. The number of hydrogen-bond donors (Lipinski definition) is 1. The van der Waals surface area contributed by atoms with Gasteiger partial charge in [-0.3, -0.25) is 33.6 Å². The van der Waals surface area contributed by atoms with E-state index in [9.17, 15) is 47.9 Å². The smallest absolute Gasteiger partial charge is 0.415 e. The second-order valence-corrected chi connectivity index (χ2v) is 31.2. The Labute approximate surface area is 584 Å². The number of benzene rings is 6. The van der Waals surface area contributed by atoms with Crippen molar-refractivity contribution in [2.75, 3.05) is 67.1 Å². The molecule has 4 aliphatic rings. The molecule has 0 radical (unpaired) electrons. The molecule has 0 aromatic heterocycles. The summed E-state index contributed by atoms with van der Waals surface area (Å²) in [5.41, 5.74) is 0.340. The molecule has 2 aliphatic carbocycles. The summed E-state index contributed by atoms with van der Waals surface area (Å²) in [7, 11) is 3.97. The summed E-state index contributed by atoms with van der Waals surface area (Å²) < 4.78 is 25.0. The molecule has 0 bridgehead atoms. The van der Waals surface area contributed by atoms with E-state index in [1.807, 2.05) is 18.2 Å². The van der Waals surface area contributed by atoms with Crippen LogP contribution in [-0.2, 0) is 39.1 Å². The molecule has 1 N–H and O–H groups in total. The first-order chi connectivity index (χ1) is 47.3. The van der Waals surface area contributed by atoms with Crippen molar-refractivity contribution in [3.05, 3.63) is 218 Å². The number of allylic oxidation sites excluding steroid dienone is 8. The highest BCUT2D eigenvalue weighted by molar-refractivity contribution is 7.95. The fourth-order valence-corrected chi connectivity index (χ4v) is 18.2. The number of esters is 1. The lowest BCUT2D eigenvalue weighted by Gasteiger charge is -2.36. The zero-order valence-electron chi connectivity index (χ0n) is 59.2. The molecule has 100 heavy (non-hydrogen) atoms. The number of nitrogens with zero attached hydrogens (tertiary/aromatic N) is 4. The third-order valence-electron chi connectivity index (χ3n) is 19.9. The van der Waals surface area contributed by atoms with Crippen molar-refractivity contribution in [1.82, 2.24) is 24.9 Å². The number of carbonyl (C=O) groups excluding carboxylic acids is 10. The van der Waals surface area contributed by atoms with Crippen molar-refractivity contribution in [3.8, 4) is 23.0 Å². The van der Waals surface area contributed by atoms with Crippen LogP contribution in [0.15, 0.2) is 190 Å². The normalized spacial score (nSPS) is 15.0. The van der Waals surface area contributed by atoms with E-state index in [1.165, 1.54) is 73.9 Å². The predicted molar refractivity (Wildman–Crippen MR) is 383 cm³/mol. The lowest BCUT2D eigenvalue weighted by Crippen LogP contribution is -2.40. The quantitative estimate of drug-likeness (QED) is 0.0288. The van der Waals surface area contributed by atoms with Gasteiger partial charge >= 0.3 is 18.2 Å². The molecule has 20 heteroatoms. The van der Waals surface area contributed by atoms with Gasteiger partial charge in [0, 0.05) is 164 Å². The maximum atomic E-state index is 14.5. The van der Waals surface area contributed by atoms with Gasteiger partial charge in [0.05, 0.1) is 11.7 Å². The molecule has 10 rings (SSSR count). The topological polar surface area (TPSA) is 233 Å². The molecule has 6 aromatic rings. The van der Waals surface area contributed by atoms with Gasteiger partial charge < -0.3 is 43.9 Å². The molecule has 0 fully saturated rings. The van der Waals surface area contributed by atoms with E-state index in [2.05, 4.69) is 78.1 Å². The number of ketones is 4. The molecule has 6 aromatic carbocycles. The molecular weight excluding hydrogens is 1290 g/mol. The first-order valence-electron chi connectivity index (χ1n) is 33.3. The van der Waals surface area contributed by atoms with Gasteiger partial charge in [-0.2, -0.15) is 0 Å². The lowest BCUT2D eigenvalue weighted by atomic mass is 9.71. The summed E-state index contributed by atoms with van der Waals surface area (Å²) in [5.74, 6) is -2.49. The lowest BCUT2D eigenvalue weighted by molar-refractivity contribution is -0.132. The van der Waals surface area contributed by atoms with Crippen LogP contribution in [0.1, 0.15) is 126 Å². The average molecular weight is 1370 g/mol. The van der Waals surface area contributed by atoms with E-state index < -0.39 is 47.8 Å². The van der Waals surface area contributed by atoms with Crippen molar-refractivity contribution in [3.63, 3.8) is 0 Å². The minimum Gasteiger partial charge on any atom is -0.456 e. The largest absolute Gasteiger partial charge is 0.456 e. The molecule has 1 spiro atoms. The third-order valence-corrected chi connectivity index (χ3v) is 24.4. The van der Waals surface area contributed by atoms with Gasteiger partial charge in [0.2, 0.25) is 11.8 Å². The first kappa shape index (κ1) is 72.4. The van der Waals surface area contributed by atoms with Gasteiger partial charge in [0.15, 0.2) is 28.7 Å². The number of hydrogen-bond acceptors (Lipinski definition) is 14. The van der Waals surface area contributed by atoms with E-state index in [0.717, 1.165) is 6.16 Å². The Hall–Kier alpha value is -10.4. The second kappa shape index (κ2) is 28.8. The van der Waals surface area contributed by atoms with Crippen LogP contribution in [0.2, 0.25) is 0 Å². The minimum absolute atomic E-state index is 0.0228. The number of nitrogens with one attached hydrogen (secondary N) is 1. The number of carbonyl (C=O) groups is 10. The fraction of sp³-hybridized carbons (Fsp3) is 0.325. The summed E-state index contributed by atoms with van der Waals surface area (Å²) in [6.07, 6.45) is -0.368. The van der Waals surface area contributed by atoms with E-state index in [-0.39, 0.29) is 108 Å². The zero-order chi connectivity index (χ0) is 72.5. The Kier molecular flexibility index (Phi) is 20.9. The van der Waals surface area contributed by atoms with Gasteiger partial charge in [-0.1, -0.05) is 82.3 Å². The zero-order valence-corrected chi connectivity index (χ0v) is 60.1. The number of likely N-dealkylation sites (N-methyl/N-ethyl adjacent to an activating group) is 4. The SMILES string of the molecule is CC1=C(C)C(=O)C(C(C)(C)CC(=O)N(C)CCN(C)C(=O)Oc2ccc3c(c2)Oc2cc(OC(=O)N(C)CCN(C)C(=O)CC(C)(C)C4=C(C)C(=O)C(C)=C(C)C4=O)ccc2C32OC(=O)c3ccc(C(=O)NCCC[P+](c4ccccc4)(c4ccccc4)c4ccccc4)cc32)=C(C)C1=O. The molecule has 0 saturated carbocycles. The maximum Gasteiger partial charge on any atom is 0.415 e. The molecular formula is C80H85N5O14P+. The second-order valence-electron chi connectivity index (χ2n) is 27.5. The fourth-order valence-electron chi connectivity index (χ4n) is 13.9. The number of ether oxygens (including phenoxy) is 4. The van der Waals surface area contributed by atoms with Gasteiger partial charge in [-0.05, 0) is 127 Å². The van der Waals surface area contributed by atoms with Gasteiger partial charge in [0.25, 0.3) is 5.91 Å². The predicted octanol–water partition coefficient (Wildman–Crippen LogP) is 11.6. The molecule has 0 unspecified atom stereocenters. The summed E-state index contributed by atoms with van der Waals surface area (Å²) in [4.78, 5) is 143. The molecule has 0 saturated heterocycles. The van der Waals surface area contributed by atoms with E-state index in [0.29, 0.717) is 74.2 Å². The Morgan fingerprint density at radius 2 is 0.860 bits per heavy atom. The summed E-state index contributed by atoms with van der Waals surface area (Å²) in [6.45, 7) is 17.3. The number of amides is 5. The highest BCUT2D eigenvalue weighted by Crippen LogP contribution is 2.58. The summed E-state index contributed by atoms with van der Waals surface area (Å²) in [5, 5.41) is 6.82. The Morgan fingerprint density at radius 1 is 0.470 bits per heavy atom. The first-order valence-corrected chi connectivity index (χ1v) is 35.3. The molecule has 518 valence electrons. The molecule has 19 nitrogen and oxygen atoms in total. The monoisotopic (exact) mass is 1370 g/mol. The van der Waals surface area contributed by atoms with E-state index >= 15 is 0 Å². The van der Waals surface area contributed by atoms with E-state index in [4.69, 9.17) is 18.9 Å². The molecule has 2 heterocycles.